The Morgan fingerprint density at radius 2 is 0.478 bits per heavy atom. The van der Waals surface area contributed by atoms with E-state index in [1.807, 2.05) is 0 Å². The Hall–Kier alpha value is -4.44. The lowest BCUT2D eigenvalue weighted by Crippen LogP contribution is -2.52. The minimum absolute atomic E-state index is 0.0101. The van der Waals surface area contributed by atoms with Crippen LogP contribution in [0.3, 0.4) is 0 Å². The van der Waals surface area contributed by atoms with Gasteiger partial charge in [-0.05, 0) is 114 Å². The molecule has 0 atom stereocenters. The number of benzene rings is 3. The van der Waals surface area contributed by atoms with E-state index >= 15 is 0 Å². The van der Waals surface area contributed by atoms with Crippen molar-refractivity contribution in [2.75, 3.05) is 238 Å². The van der Waals surface area contributed by atoms with Gasteiger partial charge in [0.15, 0.2) is 11.6 Å². The number of rotatable bonds is 64. The van der Waals surface area contributed by atoms with Crippen LogP contribution >= 0.6 is 0 Å². The van der Waals surface area contributed by atoms with Gasteiger partial charge >= 0.3 is 0 Å². The van der Waals surface area contributed by atoms with E-state index in [-0.39, 0.29) is 44.6 Å². The lowest BCUT2D eigenvalue weighted by molar-refractivity contribution is -0.327. The summed E-state index contributed by atoms with van der Waals surface area (Å²) in [5.41, 5.74) is -3.05. The number of aliphatic hydroxyl groups excluding tert-OH is 1. The molecule has 3 aromatic carbocycles. The van der Waals surface area contributed by atoms with Crippen LogP contribution in [-0.4, -0.2) is 287 Å². The van der Waals surface area contributed by atoms with Gasteiger partial charge in [0.25, 0.3) is 0 Å². The first-order valence-corrected chi connectivity index (χ1v) is 31.5. The molecule has 0 aliphatic rings. The highest BCUT2D eigenvalue weighted by molar-refractivity contribution is 6.02. The number of aliphatic hydroxyl groups is 4. The van der Waals surface area contributed by atoms with Crippen molar-refractivity contribution in [2.45, 2.75) is 64.1 Å². The maximum absolute atomic E-state index is 12.2. The van der Waals surface area contributed by atoms with Gasteiger partial charge in [-0.3, -0.25) is 9.59 Å². The van der Waals surface area contributed by atoms with Crippen molar-refractivity contribution in [3.05, 3.63) is 89.5 Å². The molecule has 0 aromatic heterocycles. The van der Waals surface area contributed by atoms with E-state index in [1.54, 1.807) is 86.6 Å². The molecule has 3 aromatic rings. The number of hydrogen-bond donors (Lipinski definition) is 4. The first kappa shape index (κ1) is 81.8. The zero-order valence-electron chi connectivity index (χ0n) is 55.2. The SMILES string of the molecule is CC(C)(O)C(=O)c1ccc(OCCOCCOCCOCCOCCOCCOC(OCCOCCOCCOCCOCCOCCOc2ccc(C(=O)C(C)(C)O)cc2)(c2ccc(OCCOCCOCCOCCOCCOCCO)cc2)C(C)(C)O)cc1. The molecule has 0 radical (unpaired) electrons. The molecular formula is C66H106O26. The van der Waals surface area contributed by atoms with Crippen LogP contribution in [0.15, 0.2) is 72.8 Å². The molecular weight excluding hydrogens is 1210 g/mol. The van der Waals surface area contributed by atoms with Crippen molar-refractivity contribution in [2.24, 2.45) is 0 Å². The molecule has 4 N–H and O–H groups in total. The molecule has 0 bridgehead atoms. The average molecular weight is 1320 g/mol. The summed E-state index contributed by atoms with van der Waals surface area (Å²) in [5, 5.41) is 40.2. The molecule has 3 rings (SSSR count). The number of Topliss-reactive ketones (excluding diaryl/α,β-unsaturated/α-hetero) is 2. The summed E-state index contributed by atoms with van der Waals surface area (Å²) in [4.78, 5) is 24.4. The Balaban J connectivity index is 1.28. The van der Waals surface area contributed by atoms with Crippen molar-refractivity contribution in [3.63, 3.8) is 0 Å². The van der Waals surface area contributed by atoms with Crippen LogP contribution in [0, 0.1) is 0 Å². The first-order valence-electron chi connectivity index (χ1n) is 31.5. The van der Waals surface area contributed by atoms with E-state index < -0.39 is 22.6 Å². The fourth-order valence-electron chi connectivity index (χ4n) is 7.95. The third kappa shape index (κ3) is 38.8. The fourth-order valence-corrected chi connectivity index (χ4v) is 7.95. The fraction of sp³-hybridized carbons (Fsp3) is 0.697. The molecule has 0 unspecified atom stereocenters. The predicted octanol–water partition coefficient (Wildman–Crippen LogP) is 4.33. The van der Waals surface area contributed by atoms with E-state index in [0.717, 1.165) is 0 Å². The topological polar surface area (TPSA) is 300 Å². The summed E-state index contributed by atoms with van der Waals surface area (Å²) in [6, 6.07) is 20.3. The molecule has 0 heterocycles. The number of carbonyl (C=O) groups excluding carboxylic acids is 2. The predicted molar refractivity (Wildman–Crippen MR) is 336 cm³/mol. The van der Waals surface area contributed by atoms with Gasteiger partial charge in [-0.25, -0.2) is 0 Å². The highest BCUT2D eigenvalue weighted by atomic mass is 16.7. The van der Waals surface area contributed by atoms with Crippen LogP contribution < -0.4 is 14.2 Å². The van der Waals surface area contributed by atoms with Gasteiger partial charge < -0.3 is 115 Å². The molecule has 0 fully saturated rings. The quantitative estimate of drug-likeness (QED) is 0.0347. The number of ether oxygens (including phenoxy) is 20. The normalized spacial score (nSPS) is 12.2. The second-order valence-corrected chi connectivity index (χ2v) is 21.7. The van der Waals surface area contributed by atoms with Gasteiger partial charge in [-0.1, -0.05) is 0 Å². The molecule has 0 aliphatic heterocycles. The zero-order chi connectivity index (χ0) is 66.7. The van der Waals surface area contributed by atoms with E-state index in [2.05, 4.69) is 0 Å². The maximum Gasteiger partial charge on any atom is 0.224 e. The highest BCUT2D eigenvalue weighted by Gasteiger charge is 2.48. The Bertz CT molecular complexity index is 2130. The number of carbonyl (C=O) groups is 2. The van der Waals surface area contributed by atoms with Gasteiger partial charge in [-0.2, -0.15) is 0 Å². The Kier molecular flexibility index (Phi) is 45.3. The van der Waals surface area contributed by atoms with Crippen LogP contribution in [0.4, 0.5) is 0 Å². The van der Waals surface area contributed by atoms with Crippen LogP contribution in [0.2, 0.25) is 0 Å². The average Bonchev–Trinajstić information content (AvgIpc) is 0.786. The summed E-state index contributed by atoms with van der Waals surface area (Å²) in [5.74, 6) is -0.569. The summed E-state index contributed by atoms with van der Waals surface area (Å²) in [6.45, 7) is 21.2. The summed E-state index contributed by atoms with van der Waals surface area (Å²) < 4.78 is 114. The van der Waals surface area contributed by atoms with Crippen molar-refractivity contribution >= 4 is 11.6 Å². The maximum atomic E-state index is 12.2. The number of hydrogen-bond acceptors (Lipinski definition) is 26. The van der Waals surface area contributed by atoms with Gasteiger partial charge in [0.2, 0.25) is 5.79 Å². The van der Waals surface area contributed by atoms with Gasteiger partial charge in [-0.15, -0.1) is 0 Å². The van der Waals surface area contributed by atoms with Crippen molar-refractivity contribution < 1.29 is 125 Å². The van der Waals surface area contributed by atoms with E-state index in [1.165, 1.54) is 27.7 Å². The largest absolute Gasteiger partial charge is 0.491 e. The van der Waals surface area contributed by atoms with E-state index in [0.29, 0.717) is 239 Å². The third-order valence-corrected chi connectivity index (χ3v) is 12.6. The molecule has 0 amide bonds. The lowest BCUT2D eigenvalue weighted by Gasteiger charge is -2.43. The van der Waals surface area contributed by atoms with Gasteiger partial charge in [0, 0.05) is 16.7 Å². The number of ketones is 2. The highest BCUT2D eigenvalue weighted by Crippen LogP contribution is 2.39. The van der Waals surface area contributed by atoms with Crippen molar-refractivity contribution in [3.8, 4) is 17.2 Å². The lowest BCUT2D eigenvalue weighted by atomic mass is 9.89. The molecule has 0 saturated heterocycles. The molecule has 26 nitrogen and oxygen atoms in total. The molecule has 26 heteroatoms. The molecule has 92 heavy (non-hydrogen) atoms. The Morgan fingerprint density at radius 3 is 0.685 bits per heavy atom. The molecule has 526 valence electrons. The molecule has 0 spiro atoms. The van der Waals surface area contributed by atoms with Crippen molar-refractivity contribution in [1.29, 1.82) is 0 Å². The van der Waals surface area contributed by atoms with Gasteiger partial charge in [0.05, 0.1) is 218 Å². The summed E-state index contributed by atoms with van der Waals surface area (Å²) in [7, 11) is 0. The van der Waals surface area contributed by atoms with E-state index in [9.17, 15) is 24.9 Å². The summed E-state index contributed by atoms with van der Waals surface area (Å²) >= 11 is 0. The van der Waals surface area contributed by atoms with Crippen LogP contribution in [-0.2, 0) is 86.3 Å². The molecule has 0 aliphatic carbocycles. The van der Waals surface area contributed by atoms with E-state index in [4.69, 9.17) is 99.8 Å². The second-order valence-electron chi connectivity index (χ2n) is 21.7. The minimum Gasteiger partial charge on any atom is -0.491 e. The third-order valence-electron chi connectivity index (χ3n) is 12.6. The Morgan fingerprint density at radius 1 is 0.283 bits per heavy atom. The minimum atomic E-state index is -1.63. The van der Waals surface area contributed by atoms with Crippen LogP contribution in [0.5, 0.6) is 17.2 Å². The van der Waals surface area contributed by atoms with Gasteiger partial charge in [0.1, 0.15) is 53.9 Å². The van der Waals surface area contributed by atoms with Crippen molar-refractivity contribution in [1.82, 2.24) is 0 Å². The monoisotopic (exact) mass is 1310 g/mol. The summed E-state index contributed by atoms with van der Waals surface area (Å²) in [6.07, 6.45) is 0. The zero-order valence-corrected chi connectivity index (χ0v) is 55.2. The van der Waals surface area contributed by atoms with Crippen LogP contribution in [0.25, 0.3) is 0 Å². The molecule has 0 saturated carbocycles. The smallest absolute Gasteiger partial charge is 0.224 e. The second kappa shape index (κ2) is 50.9. The standard InChI is InChI=1S/C66H106O26/c1-63(2,70)61(68)55-7-13-58(14-8-55)88-50-45-83-40-35-78-31-26-76-28-33-81-38-43-86-48-53-91-66(65(5,6)72,57-11-17-60(18-12-57)90-52-47-85-42-37-80-30-25-75-24-23-74-22-21-73-20-19-67)92-54-49-87-44-39-82-34-29-77-27-32-79-36-41-84-46-51-89-59-15-9-56(10-16-59)62(69)64(3,4)71/h7-18,67,70-72H,19-54H2,1-6H3. The first-order chi connectivity index (χ1) is 44.5. The van der Waals surface area contributed by atoms with Crippen LogP contribution in [0.1, 0.15) is 67.8 Å². The Labute approximate surface area is 543 Å².